The summed E-state index contributed by atoms with van der Waals surface area (Å²) >= 11 is 1.68. The van der Waals surface area contributed by atoms with E-state index < -0.39 is 0 Å². The third-order valence-corrected chi connectivity index (χ3v) is 5.58. The number of thiazole rings is 1. The number of nitrogens with zero attached hydrogens (tertiary/aromatic N) is 3. The number of benzene rings is 1. The van der Waals surface area contributed by atoms with Gasteiger partial charge in [0.15, 0.2) is 5.96 Å². The van der Waals surface area contributed by atoms with Gasteiger partial charge in [0.2, 0.25) is 5.91 Å². The van der Waals surface area contributed by atoms with E-state index in [1.807, 2.05) is 29.3 Å². The number of hydrogen-bond donors (Lipinski definition) is 2. The molecule has 3 rings (SSSR count). The quantitative estimate of drug-likeness (QED) is 0.340. The summed E-state index contributed by atoms with van der Waals surface area (Å²) in [5.74, 6) is 1.31. The van der Waals surface area contributed by atoms with Crippen molar-refractivity contribution >= 4 is 47.2 Å². The normalized spacial score (nSPS) is 16.8. The first-order valence-electron chi connectivity index (χ1n) is 9.31. The maximum atomic E-state index is 12.3. The number of guanidine groups is 1. The van der Waals surface area contributed by atoms with Crippen LogP contribution in [0.15, 0.2) is 41.5 Å². The Kier molecular flexibility index (Phi) is 9.17. The summed E-state index contributed by atoms with van der Waals surface area (Å²) in [7, 11) is 1.76. The molecule has 1 fully saturated rings. The molecule has 0 aliphatic carbocycles. The third kappa shape index (κ3) is 6.73. The predicted molar refractivity (Wildman–Crippen MR) is 125 cm³/mol. The Morgan fingerprint density at radius 3 is 2.79 bits per heavy atom. The van der Waals surface area contributed by atoms with Gasteiger partial charge in [-0.3, -0.25) is 9.79 Å². The molecule has 1 amide bonds. The van der Waals surface area contributed by atoms with Crippen LogP contribution in [0.2, 0.25) is 0 Å². The van der Waals surface area contributed by atoms with Gasteiger partial charge in [0.05, 0.1) is 6.54 Å². The lowest BCUT2D eigenvalue weighted by Gasteiger charge is -2.17. The van der Waals surface area contributed by atoms with Gasteiger partial charge in [-0.2, -0.15) is 0 Å². The third-order valence-electron chi connectivity index (χ3n) is 4.67. The number of rotatable bonds is 7. The second-order valence-corrected chi connectivity index (χ2v) is 8.14. The van der Waals surface area contributed by atoms with Gasteiger partial charge in [0, 0.05) is 50.1 Å². The predicted octanol–water partition coefficient (Wildman–Crippen LogP) is 2.83. The number of aryl methyl sites for hydroxylation is 1. The molecule has 0 saturated carbocycles. The van der Waals surface area contributed by atoms with Crippen molar-refractivity contribution in [2.45, 2.75) is 26.3 Å². The van der Waals surface area contributed by atoms with Crippen LogP contribution in [-0.2, 0) is 17.8 Å². The number of aromatic nitrogens is 1. The molecular weight excluding hydrogens is 485 g/mol. The number of carbonyl (C=O) groups is 1. The molecule has 0 spiro atoms. The van der Waals surface area contributed by atoms with E-state index in [-0.39, 0.29) is 29.9 Å². The lowest BCUT2D eigenvalue weighted by molar-refractivity contribution is -0.127. The Morgan fingerprint density at radius 1 is 1.32 bits per heavy atom. The van der Waals surface area contributed by atoms with Gasteiger partial charge in [-0.15, -0.1) is 35.3 Å². The summed E-state index contributed by atoms with van der Waals surface area (Å²) < 4.78 is 0. The zero-order valence-electron chi connectivity index (χ0n) is 16.4. The minimum Gasteiger partial charge on any atom is -0.356 e. The Morgan fingerprint density at radius 2 is 2.11 bits per heavy atom. The highest BCUT2D eigenvalue weighted by Crippen LogP contribution is 2.17. The molecule has 0 bridgehead atoms. The molecule has 1 unspecified atom stereocenters. The smallest absolute Gasteiger partial charge is 0.223 e. The summed E-state index contributed by atoms with van der Waals surface area (Å²) in [4.78, 5) is 24.1. The Labute approximate surface area is 187 Å². The van der Waals surface area contributed by atoms with Crippen LogP contribution >= 0.6 is 35.3 Å². The number of likely N-dealkylation sites (tertiary alicyclic amines) is 1. The standard InChI is InChI=1S/C20H27N5OS.HI/c1-15-11-22-18(27-15)13-24-20(21-2)23-12-17-10-19(26)25(14-17)9-8-16-6-4-3-5-7-16;/h3-7,11,17H,8-10,12-14H2,1-2H3,(H2,21,23,24);1H. The second-order valence-electron chi connectivity index (χ2n) is 6.82. The van der Waals surface area contributed by atoms with Crippen LogP contribution in [0, 0.1) is 12.8 Å². The average Bonchev–Trinajstić information content (AvgIpc) is 3.26. The average molecular weight is 513 g/mol. The molecule has 1 aliphatic heterocycles. The molecule has 1 aliphatic rings. The van der Waals surface area contributed by atoms with Crippen LogP contribution in [0.1, 0.15) is 21.9 Å². The molecule has 1 saturated heterocycles. The molecule has 28 heavy (non-hydrogen) atoms. The van der Waals surface area contributed by atoms with Gasteiger partial charge in [-0.05, 0) is 18.9 Å². The van der Waals surface area contributed by atoms with Crippen molar-refractivity contribution in [3.05, 3.63) is 52.0 Å². The fourth-order valence-corrected chi connectivity index (χ4v) is 3.95. The number of amides is 1. The number of carbonyl (C=O) groups excluding carboxylic acids is 1. The zero-order chi connectivity index (χ0) is 19.1. The Balaban J connectivity index is 0.00000280. The topological polar surface area (TPSA) is 69.6 Å². The van der Waals surface area contributed by atoms with Crippen molar-refractivity contribution < 1.29 is 4.79 Å². The molecule has 2 aromatic rings. The molecule has 2 N–H and O–H groups in total. The van der Waals surface area contributed by atoms with E-state index >= 15 is 0 Å². The van der Waals surface area contributed by atoms with Crippen molar-refractivity contribution in [1.82, 2.24) is 20.5 Å². The SMILES string of the molecule is CN=C(NCc1ncc(C)s1)NCC1CC(=O)N(CCc2ccccc2)C1.I. The molecule has 1 atom stereocenters. The van der Waals surface area contributed by atoms with E-state index in [9.17, 15) is 4.79 Å². The van der Waals surface area contributed by atoms with Crippen molar-refractivity contribution in [2.24, 2.45) is 10.9 Å². The highest BCUT2D eigenvalue weighted by molar-refractivity contribution is 14.0. The lowest BCUT2D eigenvalue weighted by Crippen LogP contribution is -2.40. The molecule has 1 aromatic heterocycles. The number of hydrogen-bond acceptors (Lipinski definition) is 4. The number of halogens is 1. The maximum Gasteiger partial charge on any atom is 0.223 e. The van der Waals surface area contributed by atoms with Crippen LogP contribution in [0.25, 0.3) is 0 Å². The molecular formula is C20H28IN5OS. The Bertz CT molecular complexity index is 780. The summed E-state index contributed by atoms with van der Waals surface area (Å²) in [6.45, 7) is 5.04. The maximum absolute atomic E-state index is 12.3. The van der Waals surface area contributed by atoms with E-state index in [1.54, 1.807) is 18.4 Å². The Hall–Kier alpha value is -1.68. The second kappa shape index (κ2) is 11.4. The highest BCUT2D eigenvalue weighted by Gasteiger charge is 2.29. The van der Waals surface area contributed by atoms with E-state index in [0.717, 1.165) is 37.0 Å². The van der Waals surface area contributed by atoms with E-state index in [4.69, 9.17) is 0 Å². The highest BCUT2D eigenvalue weighted by atomic mass is 127. The van der Waals surface area contributed by atoms with E-state index in [1.165, 1.54) is 10.4 Å². The summed E-state index contributed by atoms with van der Waals surface area (Å²) in [5.41, 5.74) is 1.27. The van der Waals surface area contributed by atoms with Gasteiger partial charge < -0.3 is 15.5 Å². The van der Waals surface area contributed by atoms with Crippen molar-refractivity contribution in [3.8, 4) is 0 Å². The molecule has 152 valence electrons. The van der Waals surface area contributed by atoms with Gasteiger partial charge in [0.1, 0.15) is 5.01 Å². The number of aliphatic imine (C=N–C) groups is 1. The molecule has 1 aromatic carbocycles. The van der Waals surface area contributed by atoms with Gasteiger partial charge >= 0.3 is 0 Å². The minimum atomic E-state index is 0. The van der Waals surface area contributed by atoms with Gasteiger partial charge in [-0.25, -0.2) is 4.98 Å². The first-order chi connectivity index (χ1) is 13.1. The summed E-state index contributed by atoms with van der Waals surface area (Å²) in [5, 5.41) is 7.66. The molecule has 8 heteroatoms. The lowest BCUT2D eigenvalue weighted by atomic mass is 10.1. The van der Waals surface area contributed by atoms with Gasteiger partial charge in [-0.1, -0.05) is 30.3 Å². The monoisotopic (exact) mass is 513 g/mol. The van der Waals surface area contributed by atoms with Crippen molar-refractivity contribution in [1.29, 1.82) is 0 Å². The van der Waals surface area contributed by atoms with E-state index in [0.29, 0.717) is 18.9 Å². The molecule has 2 heterocycles. The number of nitrogens with one attached hydrogen (secondary N) is 2. The molecule has 0 radical (unpaired) electrons. The summed E-state index contributed by atoms with van der Waals surface area (Å²) in [6, 6.07) is 10.3. The van der Waals surface area contributed by atoms with Crippen LogP contribution < -0.4 is 10.6 Å². The largest absolute Gasteiger partial charge is 0.356 e. The van der Waals surface area contributed by atoms with Gasteiger partial charge in [0.25, 0.3) is 0 Å². The fraction of sp³-hybridized carbons (Fsp3) is 0.450. The van der Waals surface area contributed by atoms with Crippen molar-refractivity contribution in [3.63, 3.8) is 0 Å². The van der Waals surface area contributed by atoms with E-state index in [2.05, 4.69) is 39.7 Å². The van der Waals surface area contributed by atoms with Crippen LogP contribution in [0.5, 0.6) is 0 Å². The summed E-state index contributed by atoms with van der Waals surface area (Å²) in [6.07, 6.45) is 3.39. The van der Waals surface area contributed by atoms with Crippen LogP contribution in [0.4, 0.5) is 0 Å². The first kappa shape index (κ1) is 22.6. The first-order valence-corrected chi connectivity index (χ1v) is 10.1. The zero-order valence-corrected chi connectivity index (χ0v) is 19.5. The van der Waals surface area contributed by atoms with Crippen molar-refractivity contribution in [2.75, 3.05) is 26.7 Å². The van der Waals surface area contributed by atoms with Crippen LogP contribution in [0.3, 0.4) is 0 Å². The van der Waals surface area contributed by atoms with Crippen LogP contribution in [-0.4, -0.2) is 48.4 Å². The fourth-order valence-electron chi connectivity index (χ4n) is 3.22. The molecule has 6 nitrogen and oxygen atoms in total. The minimum absolute atomic E-state index is 0.